The van der Waals surface area contributed by atoms with E-state index in [4.69, 9.17) is 0 Å². The zero-order valence-corrected chi connectivity index (χ0v) is 12.4. The van der Waals surface area contributed by atoms with Gasteiger partial charge < -0.3 is 36.0 Å². The van der Waals surface area contributed by atoms with E-state index in [2.05, 4.69) is 16.0 Å². The Balaban J connectivity index is 2.00. The van der Waals surface area contributed by atoms with Gasteiger partial charge in [0.1, 0.15) is 30.2 Å². The molecule has 0 aliphatic carbocycles. The fourth-order valence-corrected chi connectivity index (χ4v) is 2.49. The number of phenolic OH excluding ortho intramolecular Hbond substituents is 1. The van der Waals surface area contributed by atoms with Crippen LogP contribution in [0.5, 0.6) is 5.75 Å². The van der Waals surface area contributed by atoms with Crippen molar-refractivity contribution in [3.63, 3.8) is 0 Å². The molecule has 1 aromatic rings. The van der Waals surface area contributed by atoms with E-state index < -0.39 is 43.3 Å². The van der Waals surface area contributed by atoms with Gasteiger partial charge >= 0.3 is 0 Å². The van der Waals surface area contributed by atoms with Crippen LogP contribution < -0.4 is 16.0 Å². The summed E-state index contributed by atoms with van der Waals surface area (Å²) < 4.78 is 0. The Morgan fingerprint density at radius 1 is 1.00 bits per heavy atom. The quantitative estimate of drug-likeness (QED) is 0.197. The summed E-state index contributed by atoms with van der Waals surface area (Å²) in [6.45, 7) is -0.744. The molecular formula is C14H23N3O6. The van der Waals surface area contributed by atoms with Crippen molar-refractivity contribution < 1.29 is 30.6 Å². The van der Waals surface area contributed by atoms with Crippen LogP contribution in [0.4, 0.5) is 5.69 Å². The molecule has 9 nitrogen and oxygen atoms in total. The average Bonchev–Trinajstić information content (AvgIpc) is 2.56. The number of aliphatic hydroxyl groups is 5. The maximum absolute atomic E-state index is 10.0. The number of anilines is 1. The number of hydrogen-bond donors (Lipinski definition) is 9. The van der Waals surface area contributed by atoms with Gasteiger partial charge in [0.05, 0.1) is 25.4 Å². The number of aromatic hydroxyl groups is 1. The lowest BCUT2D eigenvalue weighted by Gasteiger charge is -2.42. The first-order chi connectivity index (χ1) is 11.0. The molecular weight excluding hydrogens is 306 g/mol. The molecule has 0 radical (unpaired) electrons. The summed E-state index contributed by atoms with van der Waals surface area (Å²) in [4.78, 5) is 0. The normalized spacial score (nSPS) is 32.5. The molecule has 0 bridgehead atoms. The van der Waals surface area contributed by atoms with Crippen molar-refractivity contribution in [2.75, 3.05) is 18.5 Å². The molecule has 1 fully saturated rings. The second kappa shape index (κ2) is 7.88. The summed E-state index contributed by atoms with van der Waals surface area (Å²) in [6, 6.07) is 5.37. The lowest BCUT2D eigenvalue weighted by molar-refractivity contribution is -0.125. The first kappa shape index (κ1) is 17.9. The number of piperidine rings is 1. The van der Waals surface area contributed by atoms with Gasteiger partial charge in [-0.15, -0.1) is 0 Å². The zero-order chi connectivity index (χ0) is 17.0. The Morgan fingerprint density at radius 3 is 2.22 bits per heavy atom. The van der Waals surface area contributed by atoms with E-state index in [0.29, 0.717) is 5.69 Å². The SMILES string of the molecule is OCC(Nc1ccc(O)cc1)N[C@@H]1N[C@H](CO)[C@@H](O)[C@H](O)[C@H]1O. The molecule has 1 aromatic carbocycles. The first-order valence-electron chi connectivity index (χ1n) is 7.30. The lowest BCUT2D eigenvalue weighted by atomic mass is 9.94. The van der Waals surface area contributed by atoms with Crippen molar-refractivity contribution in [3.05, 3.63) is 24.3 Å². The van der Waals surface area contributed by atoms with E-state index in [0.717, 1.165) is 0 Å². The highest BCUT2D eigenvalue weighted by Gasteiger charge is 2.42. The molecule has 1 unspecified atom stereocenters. The largest absolute Gasteiger partial charge is 0.508 e. The van der Waals surface area contributed by atoms with E-state index in [1.165, 1.54) is 12.1 Å². The first-order valence-corrected chi connectivity index (χ1v) is 7.30. The van der Waals surface area contributed by atoms with E-state index in [9.17, 15) is 30.6 Å². The molecule has 1 heterocycles. The van der Waals surface area contributed by atoms with Gasteiger partial charge in [-0.2, -0.15) is 0 Å². The van der Waals surface area contributed by atoms with Crippen LogP contribution in [-0.4, -0.2) is 80.5 Å². The van der Waals surface area contributed by atoms with Gasteiger partial charge in [0, 0.05) is 5.69 Å². The number of rotatable bonds is 6. The van der Waals surface area contributed by atoms with E-state index in [1.54, 1.807) is 12.1 Å². The average molecular weight is 329 g/mol. The molecule has 2 rings (SSSR count). The van der Waals surface area contributed by atoms with Crippen LogP contribution >= 0.6 is 0 Å². The van der Waals surface area contributed by atoms with Gasteiger partial charge in [-0.05, 0) is 24.3 Å². The minimum Gasteiger partial charge on any atom is -0.508 e. The van der Waals surface area contributed by atoms with Crippen molar-refractivity contribution in [1.29, 1.82) is 0 Å². The van der Waals surface area contributed by atoms with Crippen LogP contribution in [0.1, 0.15) is 0 Å². The zero-order valence-electron chi connectivity index (χ0n) is 12.4. The van der Waals surface area contributed by atoms with Crippen molar-refractivity contribution in [3.8, 4) is 5.75 Å². The van der Waals surface area contributed by atoms with Crippen LogP contribution in [0.2, 0.25) is 0 Å². The molecule has 1 saturated heterocycles. The van der Waals surface area contributed by atoms with Crippen molar-refractivity contribution in [2.45, 2.75) is 36.7 Å². The van der Waals surface area contributed by atoms with Crippen molar-refractivity contribution in [2.24, 2.45) is 0 Å². The molecule has 9 heteroatoms. The van der Waals surface area contributed by atoms with Crippen LogP contribution in [0.3, 0.4) is 0 Å². The van der Waals surface area contributed by atoms with Gasteiger partial charge in [0.25, 0.3) is 0 Å². The molecule has 0 saturated carbocycles. The fourth-order valence-electron chi connectivity index (χ4n) is 2.49. The Bertz CT molecular complexity index is 486. The third-order valence-electron chi connectivity index (χ3n) is 3.82. The molecule has 0 aromatic heterocycles. The number of aliphatic hydroxyl groups excluding tert-OH is 5. The summed E-state index contributed by atoms with van der Waals surface area (Å²) in [5.74, 6) is 0.108. The smallest absolute Gasteiger partial charge is 0.115 e. The maximum Gasteiger partial charge on any atom is 0.115 e. The molecule has 0 spiro atoms. The maximum atomic E-state index is 10.0. The number of phenols is 1. The Kier molecular flexibility index (Phi) is 6.13. The van der Waals surface area contributed by atoms with Crippen LogP contribution in [-0.2, 0) is 0 Å². The second-order valence-electron chi connectivity index (χ2n) is 5.50. The van der Waals surface area contributed by atoms with E-state index >= 15 is 0 Å². The van der Waals surface area contributed by atoms with Crippen LogP contribution in [0, 0.1) is 0 Å². The summed E-state index contributed by atoms with van der Waals surface area (Å²) >= 11 is 0. The molecule has 1 aliphatic heterocycles. The number of hydrogen-bond acceptors (Lipinski definition) is 9. The van der Waals surface area contributed by atoms with E-state index in [-0.39, 0.29) is 12.4 Å². The van der Waals surface area contributed by atoms with Gasteiger partial charge in [-0.25, -0.2) is 0 Å². The highest BCUT2D eigenvalue weighted by Crippen LogP contribution is 2.16. The monoisotopic (exact) mass is 329 g/mol. The fraction of sp³-hybridized carbons (Fsp3) is 0.571. The number of benzene rings is 1. The minimum absolute atomic E-state index is 0.108. The summed E-state index contributed by atoms with van der Waals surface area (Å²) in [5, 5.41) is 66.1. The van der Waals surface area contributed by atoms with E-state index in [1.807, 2.05) is 0 Å². The topological polar surface area (TPSA) is 157 Å². The van der Waals surface area contributed by atoms with Gasteiger partial charge in [0.15, 0.2) is 0 Å². The van der Waals surface area contributed by atoms with Gasteiger partial charge in [0.2, 0.25) is 0 Å². The standard InChI is InChI=1S/C14H23N3O6/c18-5-9-11(21)12(22)13(23)14(16-9)17-10(6-19)15-7-1-3-8(20)4-2-7/h1-4,9-23H,5-6H2/t9-,10?,11-,12+,13-,14+/m1/s1. The molecule has 0 amide bonds. The predicted octanol–water partition coefficient (Wildman–Crippen LogP) is -2.91. The van der Waals surface area contributed by atoms with Gasteiger partial charge in [-0.3, -0.25) is 10.6 Å². The van der Waals surface area contributed by atoms with Crippen LogP contribution in [0.25, 0.3) is 0 Å². The van der Waals surface area contributed by atoms with Crippen LogP contribution in [0.15, 0.2) is 24.3 Å². The molecule has 6 atom stereocenters. The van der Waals surface area contributed by atoms with Crippen molar-refractivity contribution in [1.82, 2.24) is 10.6 Å². The summed E-state index contributed by atoms with van der Waals surface area (Å²) in [5.41, 5.74) is 0.624. The Labute approximate surface area is 133 Å². The highest BCUT2D eigenvalue weighted by molar-refractivity contribution is 5.46. The Hall–Kier alpha value is -1.46. The minimum atomic E-state index is -1.43. The highest BCUT2D eigenvalue weighted by atomic mass is 16.4. The van der Waals surface area contributed by atoms with Gasteiger partial charge in [-0.1, -0.05) is 0 Å². The molecule has 23 heavy (non-hydrogen) atoms. The summed E-state index contributed by atoms with van der Waals surface area (Å²) in [7, 11) is 0. The predicted molar refractivity (Wildman–Crippen MR) is 81.6 cm³/mol. The second-order valence-corrected chi connectivity index (χ2v) is 5.50. The molecule has 130 valence electrons. The lowest BCUT2D eigenvalue weighted by Crippen LogP contribution is -2.71. The van der Waals surface area contributed by atoms with Crippen molar-refractivity contribution >= 4 is 5.69 Å². The third kappa shape index (κ3) is 4.30. The molecule has 9 N–H and O–H groups in total. The molecule has 1 aliphatic rings. The Morgan fingerprint density at radius 2 is 1.65 bits per heavy atom. The third-order valence-corrected chi connectivity index (χ3v) is 3.82. The summed E-state index contributed by atoms with van der Waals surface area (Å²) in [6.07, 6.45) is -5.59. The number of nitrogens with one attached hydrogen (secondary N) is 3.